The van der Waals surface area contributed by atoms with Crippen LogP contribution in [0.4, 0.5) is 5.69 Å². The van der Waals surface area contributed by atoms with Crippen molar-refractivity contribution in [1.29, 1.82) is 0 Å². The van der Waals surface area contributed by atoms with E-state index >= 15 is 0 Å². The zero-order valence-corrected chi connectivity index (χ0v) is 10.9. The molecule has 12 heteroatoms. The number of hydrogen-bond donors (Lipinski definition) is 3. The topological polar surface area (TPSA) is 162 Å². The van der Waals surface area contributed by atoms with E-state index in [1.165, 1.54) is 0 Å². The highest BCUT2D eigenvalue weighted by Crippen LogP contribution is 2.30. The minimum atomic E-state index is -4.30. The number of anilines is 1. The van der Waals surface area contributed by atoms with Crippen molar-refractivity contribution < 1.29 is 16.8 Å². The molecule has 0 aliphatic heterocycles. The summed E-state index contributed by atoms with van der Waals surface area (Å²) in [5.41, 5.74) is 1.44. The van der Waals surface area contributed by atoms with Crippen LogP contribution in [0.2, 0.25) is 5.02 Å². The van der Waals surface area contributed by atoms with Crippen molar-refractivity contribution in [3.63, 3.8) is 0 Å². The third-order valence-corrected chi connectivity index (χ3v) is 4.14. The van der Waals surface area contributed by atoms with Crippen LogP contribution in [0.3, 0.4) is 0 Å². The standard InChI is InChI=1S/C6H7ClN4O5S2/c7-3-1-4(10-11-12)6(18(9,15)16)2-5(3)17(8,13)14/h1-2H,(H,10,12)(H2,8,13,14)(H2,9,15,16). The van der Waals surface area contributed by atoms with E-state index < -0.39 is 29.8 Å². The summed E-state index contributed by atoms with van der Waals surface area (Å²) in [6.45, 7) is 0. The summed E-state index contributed by atoms with van der Waals surface area (Å²) in [7, 11) is -8.53. The molecule has 0 aliphatic rings. The van der Waals surface area contributed by atoms with Crippen molar-refractivity contribution in [2.24, 2.45) is 15.6 Å². The monoisotopic (exact) mass is 314 g/mol. The van der Waals surface area contributed by atoms with Crippen LogP contribution in [0.25, 0.3) is 0 Å². The van der Waals surface area contributed by atoms with E-state index in [0.717, 1.165) is 6.07 Å². The van der Waals surface area contributed by atoms with Crippen LogP contribution in [0.1, 0.15) is 0 Å². The van der Waals surface area contributed by atoms with E-state index in [1.807, 2.05) is 0 Å². The molecule has 0 unspecified atom stereocenters. The molecule has 5 N–H and O–H groups in total. The van der Waals surface area contributed by atoms with Gasteiger partial charge in [0.1, 0.15) is 9.79 Å². The van der Waals surface area contributed by atoms with Gasteiger partial charge in [-0.05, 0) is 12.1 Å². The molecule has 0 saturated heterocycles. The highest BCUT2D eigenvalue weighted by atomic mass is 35.5. The summed E-state index contributed by atoms with van der Waals surface area (Å²) in [5, 5.41) is 11.6. The third-order valence-electron chi connectivity index (χ3n) is 1.81. The lowest BCUT2D eigenvalue weighted by Crippen LogP contribution is -2.18. The lowest BCUT2D eigenvalue weighted by molar-refractivity contribution is 0.596. The molecule has 0 radical (unpaired) electrons. The average Bonchev–Trinajstić information content (AvgIpc) is 2.13. The van der Waals surface area contributed by atoms with Gasteiger partial charge in [0.25, 0.3) is 0 Å². The van der Waals surface area contributed by atoms with Crippen LogP contribution < -0.4 is 15.7 Å². The van der Waals surface area contributed by atoms with Gasteiger partial charge in [0.05, 0.1) is 16.0 Å². The quantitative estimate of drug-likeness (QED) is 0.511. The first-order chi connectivity index (χ1) is 8.07. The molecule has 9 nitrogen and oxygen atoms in total. The molecule has 0 bridgehead atoms. The maximum Gasteiger partial charge on any atom is 0.240 e. The van der Waals surface area contributed by atoms with Gasteiger partial charge in [-0.3, -0.25) is 0 Å². The predicted molar refractivity (Wildman–Crippen MR) is 63.6 cm³/mol. The van der Waals surface area contributed by atoms with Gasteiger partial charge >= 0.3 is 0 Å². The number of nitrogens with zero attached hydrogens (tertiary/aromatic N) is 1. The number of sulfonamides is 2. The number of nitrogens with one attached hydrogen (secondary N) is 1. The largest absolute Gasteiger partial charge is 0.241 e. The van der Waals surface area contributed by atoms with E-state index in [1.54, 1.807) is 5.43 Å². The maximum atomic E-state index is 11.2. The van der Waals surface area contributed by atoms with Crippen LogP contribution in [0, 0.1) is 4.91 Å². The Hall–Kier alpha value is -1.27. The van der Waals surface area contributed by atoms with Crippen molar-refractivity contribution in [2.75, 3.05) is 5.43 Å². The number of primary sulfonamides is 2. The van der Waals surface area contributed by atoms with E-state index in [-0.39, 0.29) is 10.7 Å². The number of halogens is 1. The molecular weight excluding hydrogens is 308 g/mol. The van der Waals surface area contributed by atoms with Crippen molar-refractivity contribution in [3.8, 4) is 0 Å². The van der Waals surface area contributed by atoms with E-state index in [2.05, 4.69) is 5.29 Å². The van der Waals surface area contributed by atoms with Crippen LogP contribution in [0.15, 0.2) is 27.2 Å². The Morgan fingerprint density at radius 3 is 1.94 bits per heavy atom. The zero-order chi connectivity index (χ0) is 14.1. The minimum absolute atomic E-state index is 0.357. The molecule has 1 aromatic carbocycles. The molecule has 0 aromatic heterocycles. The number of hydrogen-bond acceptors (Lipinski definition) is 6. The fourth-order valence-corrected chi connectivity index (χ4v) is 2.99. The highest BCUT2D eigenvalue weighted by molar-refractivity contribution is 7.90. The molecule has 0 heterocycles. The maximum absolute atomic E-state index is 11.2. The van der Waals surface area contributed by atoms with Crippen LogP contribution in [0.5, 0.6) is 0 Å². The second-order valence-electron chi connectivity index (χ2n) is 3.07. The van der Waals surface area contributed by atoms with Gasteiger partial charge in [0.2, 0.25) is 20.0 Å². The number of nitrogens with two attached hydrogens (primary N) is 2. The van der Waals surface area contributed by atoms with Gasteiger partial charge in [-0.2, -0.15) is 0 Å². The number of nitroso groups, excluding NO2 is 1. The smallest absolute Gasteiger partial charge is 0.240 e. The second-order valence-corrected chi connectivity index (χ2v) is 6.54. The fourth-order valence-electron chi connectivity index (χ4n) is 1.12. The average molecular weight is 315 g/mol. The summed E-state index contributed by atoms with van der Waals surface area (Å²) in [5.74, 6) is 0. The molecule has 18 heavy (non-hydrogen) atoms. The predicted octanol–water partition coefficient (Wildman–Crippen LogP) is -0.272. The minimum Gasteiger partial charge on any atom is -0.241 e. The highest BCUT2D eigenvalue weighted by Gasteiger charge is 2.22. The molecular formula is C6H7ClN4O5S2. The summed E-state index contributed by atoms with van der Waals surface area (Å²) in [6.07, 6.45) is 0. The van der Waals surface area contributed by atoms with E-state index in [9.17, 15) is 21.7 Å². The Bertz CT molecular complexity index is 699. The Kier molecular flexibility index (Phi) is 3.92. The lowest BCUT2D eigenvalue weighted by atomic mass is 10.3. The normalized spacial score (nSPS) is 12.2. The molecule has 0 amide bonds. The van der Waals surface area contributed by atoms with Crippen LogP contribution in [-0.4, -0.2) is 16.8 Å². The first-order valence-corrected chi connectivity index (χ1v) is 7.52. The first-order valence-electron chi connectivity index (χ1n) is 4.05. The molecule has 0 saturated carbocycles. The summed E-state index contributed by atoms with van der Waals surface area (Å²) >= 11 is 5.59. The number of rotatable bonds is 4. The van der Waals surface area contributed by atoms with Gasteiger partial charge < -0.3 is 0 Å². The molecule has 0 fully saturated rings. The van der Waals surface area contributed by atoms with Crippen molar-refractivity contribution >= 4 is 37.3 Å². The van der Waals surface area contributed by atoms with Gasteiger partial charge in [-0.1, -0.05) is 11.6 Å². The lowest BCUT2D eigenvalue weighted by Gasteiger charge is -2.09. The number of benzene rings is 1. The Morgan fingerprint density at radius 2 is 1.56 bits per heavy atom. The molecule has 1 aromatic rings. The molecule has 0 atom stereocenters. The van der Waals surface area contributed by atoms with Crippen molar-refractivity contribution in [2.45, 2.75) is 9.79 Å². The van der Waals surface area contributed by atoms with Crippen LogP contribution in [-0.2, 0) is 20.0 Å². The third kappa shape index (κ3) is 3.14. The fraction of sp³-hybridized carbons (Fsp3) is 0. The zero-order valence-electron chi connectivity index (χ0n) is 8.49. The van der Waals surface area contributed by atoms with Crippen molar-refractivity contribution in [1.82, 2.24) is 0 Å². The SMILES string of the molecule is NS(=O)(=O)c1cc(S(N)(=O)=O)c(NN=O)cc1Cl. The van der Waals surface area contributed by atoms with Gasteiger partial charge in [-0.25, -0.2) is 32.5 Å². The van der Waals surface area contributed by atoms with Gasteiger partial charge in [0, 0.05) is 0 Å². The Labute approximate surface area is 107 Å². The van der Waals surface area contributed by atoms with E-state index in [0.29, 0.717) is 6.07 Å². The molecule has 100 valence electrons. The summed E-state index contributed by atoms with van der Waals surface area (Å²) < 4.78 is 44.8. The Morgan fingerprint density at radius 1 is 1.06 bits per heavy atom. The molecule has 1 rings (SSSR count). The molecule has 0 aliphatic carbocycles. The molecule has 0 spiro atoms. The first kappa shape index (κ1) is 14.8. The van der Waals surface area contributed by atoms with Crippen molar-refractivity contribution in [3.05, 3.63) is 22.1 Å². The van der Waals surface area contributed by atoms with E-state index in [4.69, 9.17) is 21.9 Å². The van der Waals surface area contributed by atoms with Gasteiger partial charge in [-0.15, -0.1) is 4.91 Å². The second kappa shape index (κ2) is 4.78. The summed E-state index contributed by atoms with van der Waals surface area (Å²) in [4.78, 5) is 8.76. The van der Waals surface area contributed by atoms with Crippen LogP contribution >= 0.6 is 11.6 Å². The van der Waals surface area contributed by atoms with Gasteiger partial charge in [0.15, 0.2) is 0 Å². The summed E-state index contributed by atoms with van der Waals surface area (Å²) in [6, 6.07) is 1.50. The Balaban J connectivity index is 3.72.